The van der Waals surface area contributed by atoms with Crippen LogP contribution in [0.3, 0.4) is 0 Å². The molecule has 0 N–H and O–H groups in total. The summed E-state index contributed by atoms with van der Waals surface area (Å²) in [5.41, 5.74) is 1.57. The minimum absolute atomic E-state index is 0.281. The topological polar surface area (TPSA) is 9.23 Å². The Morgan fingerprint density at radius 2 is 1.82 bits per heavy atom. The summed E-state index contributed by atoms with van der Waals surface area (Å²) < 4.78 is 5.43. The monoisotopic (exact) mass is 362 g/mol. The van der Waals surface area contributed by atoms with E-state index in [2.05, 4.69) is 50.9 Å². The molecule has 0 amide bonds. The van der Waals surface area contributed by atoms with Crippen molar-refractivity contribution in [2.75, 3.05) is 17.8 Å². The van der Waals surface area contributed by atoms with Crippen molar-refractivity contribution in [3.8, 4) is 5.75 Å². The number of ether oxygens (including phenoxy) is 1. The molecule has 0 unspecified atom stereocenters. The van der Waals surface area contributed by atoms with Crippen LogP contribution in [-0.4, -0.2) is 17.8 Å². The summed E-state index contributed by atoms with van der Waals surface area (Å²) in [5.74, 6) is 0.995. The molecule has 0 saturated carbocycles. The Kier molecular flexibility index (Phi) is 6.57. The maximum Gasteiger partial charge on any atom is 0.122 e. The number of rotatable bonds is 7. The molecule has 0 fully saturated rings. The van der Waals surface area contributed by atoms with E-state index in [1.54, 1.807) is 7.11 Å². The zero-order valence-corrected chi connectivity index (χ0v) is 13.7. The highest BCUT2D eigenvalue weighted by atomic mass is 79.9. The summed E-state index contributed by atoms with van der Waals surface area (Å²) >= 11 is 7.33. The van der Waals surface area contributed by atoms with Gasteiger partial charge in [-0.15, -0.1) is 0 Å². The van der Waals surface area contributed by atoms with Crippen molar-refractivity contribution in [1.29, 1.82) is 0 Å². The largest absolute Gasteiger partial charge is 0.496 e. The van der Waals surface area contributed by atoms with Gasteiger partial charge < -0.3 is 4.74 Å². The van der Waals surface area contributed by atoms with Crippen molar-refractivity contribution in [2.24, 2.45) is 5.41 Å². The zero-order chi connectivity index (χ0) is 12.7. The number of alkyl halides is 2. The first-order chi connectivity index (χ1) is 8.21. The molecule has 0 bridgehead atoms. The van der Waals surface area contributed by atoms with Gasteiger partial charge in [-0.25, -0.2) is 0 Å². The SMILES string of the molecule is CCCC(CBr)(CBr)Cc1ccccc1OC. The molecule has 0 aliphatic carbocycles. The molecule has 0 radical (unpaired) electrons. The molecular weight excluding hydrogens is 344 g/mol. The molecule has 1 nitrogen and oxygen atoms in total. The number of hydrogen-bond acceptors (Lipinski definition) is 1. The second-order valence-corrected chi connectivity index (χ2v) is 5.63. The van der Waals surface area contributed by atoms with Crippen LogP contribution in [0.5, 0.6) is 5.75 Å². The Morgan fingerprint density at radius 3 is 2.35 bits per heavy atom. The fourth-order valence-electron chi connectivity index (χ4n) is 2.14. The van der Waals surface area contributed by atoms with Crippen molar-refractivity contribution in [2.45, 2.75) is 26.2 Å². The van der Waals surface area contributed by atoms with Gasteiger partial charge in [0.2, 0.25) is 0 Å². The Morgan fingerprint density at radius 1 is 1.18 bits per heavy atom. The first-order valence-corrected chi connectivity index (χ1v) is 8.19. The first-order valence-electron chi connectivity index (χ1n) is 5.95. The van der Waals surface area contributed by atoms with Gasteiger partial charge in [-0.2, -0.15) is 0 Å². The molecular formula is C14H20Br2O. The lowest BCUT2D eigenvalue weighted by atomic mass is 9.81. The molecule has 0 aromatic heterocycles. The van der Waals surface area contributed by atoms with E-state index in [1.807, 2.05) is 12.1 Å². The van der Waals surface area contributed by atoms with Crippen LogP contribution in [0.15, 0.2) is 24.3 Å². The quantitative estimate of drug-likeness (QED) is 0.631. The molecule has 1 aromatic rings. The van der Waals surface area contributed by atoms with Gasteiger partial charge in [0.25, 0.3) is 0 Å². The molecule has 96 valence electrons. The summed E-state index contributed by atoms with van der Waals surface area (Å²) in [4.78, 5) is 0. The van der Waals surface area contributed by atoms with Gasteiger partial charge in [-0.05, 0) is 29.9 Å². The van der Waals surface area contributed by atoms with E-state index in [4.69, 9.17) is 4.74 Å². The normalized spacial score (nSPS) is 11.5. The molecule has 0 saturated heterocycles. The second kappa shape index (κ2) is 7.42. The fraction of sp³-hybridized carbons (Fsp3) is 0.571. The van der Waals surface area contributed by atoms with E-state index >= 15 is 0 Å². The summed E-state index contributed by atoms with van der Waals surface area (Å²) in [5, 5.41) is 2.02. The van der Waals surface area contributed by atoms with Gasteiger partial charge >= 0.3 is 0 Å². The van der Waals surface area contributed by atoms with E-state index in [0.29, 0.717) is 0 Å². The van der Waals surface area contributed by atoms with Crippen molar-refractivity contribution < 1.29 is 4.74 Å². The highest BCUT2D eigenvalue weighted by molar-refractivity contribution is 9.09. The molecule has 0 aliphatic rings. The molecule has 0 atom stereocenters. The Labute approximate surface area is 121 Å². The maximum absolute atomic E-state index is 5.43. The third kappa shape index (κ3) is 3.99. The predicted molar refractivity (Wildman–Crippen MR) is 81.6 cm³/mol. The van der Waals surface area contributed by atoms with Crippen molar-refractivity contribution >= 4 is 31.9 Å². The van der Waals surface area contributed by atoms with E-state index in [1.165, 1.54) is 18.4 Å². The summed E-state index contributed by atoms with van der Waals surface area (Å²) in [6, 6.07) is 8.30. The van der Waals surface area contributed by atoms with Crippen LogP contribution in [0.4, 0.5) is 0 Å². The third-order valence-corrected chi connectivity index (χ3v) is 5.48. The van der Waals surface area contributed by atoms with E-state index in [9.17, 15) is 0 Å². The Hall–Kier alpha value is -0.0200. The highest BCUT2D eigenvalue weighted by Gasteiger charge is 2.28. The Balaban J connectivity index is 2.92. The van der Waals surface area contributed by atoms with E-state index in [-0.39, 0.29) is 5.41 Å². The first kappa shape index (κ1) is 15.0. The third-order valence-electron chi connectivity index (χ3n) is 3.11. The van der Waals surface area contributed by atoms with E-state index in [0.717, 1.165) is 22.8 Å². The van der Waals surface area contributed by atoms with Gasteiger partial charge in [0.1, 0.15) is 5.75 Å². The van der Waals surface area contributed by atoms with Gasteiger partial charge in [0, 0.05) is 10.7 Å². The summed E-state index contributed by atoms with van der Waals surface area (Å²) in [6.07, 6.45) is 3.45. The van der Waals surface area contributed by atoms with Crippen molar-refractivity contribution in [3.05, 3.63) is 29.8 Å². The number of benzene rings is 1. The molecule has 17 heavy (non-hydrogen) atoms. The molecule has 1 aromatic carbocycles. The number of halogens is 2. The molecule has 0 spiro atoms. The average molecular weight is 364 g/mol. The molecule has 0 heterocycles. The fourth-order valence-corrected chi connectivity index (χ4v) is 4.02. The second-order valence-electron chi connectivity index (χ2n) is 4.51. The predicted octanol–water partition coefficient (Wildman–Crippen LogP) is 4.81. The van der Waals surface area contributed by atoms with Gasteiger partial charge in [-0.1, -0.05) is 63.4 Å². The standard InChI is InChI=1S/C14H20Br2O/c1-3-8-14(10-15,11-16)9-12-6-4-5-7-13(12)17-2/h4-7H,3,8-11H2,1-2H3. The lowest BCUT2D eigenvalue weighted by molar-refractivity contribution is 0.340. The number of methoxy groups -OCH3 is 1. The maximum atomic E-state index is 5.43. The van der Waals surface area contributed by atoms with E-state index < -0.39 is 0 Å². The van der Waals surface area contributed by atoms with Crippen LogP contribution >= 0.6 is 31.9 Å². The molecule has 0 aliphatic heterocycles. The van der Waals surface area contributed by atoms with Gasteiger partial charge in [0.05, 0.1) is 7.11 Å². The number of para-hydroxylation sites is 1. The van der Waals surface area contributed by atoms with Crippen LogP contribution in [-0.2, 0) is 6.42 Å². The van der Waals surface area contributed by atoms with Crippen LogP contribution in [0.1, 0.15) is 25.3 Å². The Bertz CT molecular complexity index is 335. The average Bonchev–Trinajstić information content (AvgIpc) is 2.38. The highest BCUT2D eigenvalue weighted by Crippen LogP contribution is 2.35. The minimum atomic E-state index is 0.281. The smallest absolute Gasteiger partial charge is 0.122 e. The lowest BCUT2D eigenvalue weighted by Gasteiger charge is -2.30. The van der Waals surface area contributed by atoms with Gasteiger partial charge in [-0.3, -0.25) is 0 Å². The van der Waals surface area contributed by atoms with Crippen LogP contribution in [0.2, 0.25) is 0 Å². The number of hydrogen-bond donors (Lipinski definition) is 0. The van der Waals surface area contributed by atoms with Crippen molar-refractivity contribution in [1.82, 2.24) is 0 Å². The van der Waals surface area contributed by atoms with Crippen LogP contribution in [0.25, 0.3) is 0 Å². The summed E-state index contributed by atoms with van der Waals surface area (Å²) in [6.45, 7) is 2.24. The van der Waals surface area contributed by atoms with Crippen LogP contribution in [0, 0.1) is 5.41 Å². The zero-order valence-electron chi connectivity index (χ0n) is 10.5. The summed E-state index contributed by atoms with van der Waals surface area (Å²) in [7, 11) is 1.74. The minimum Gasteiger partial charge on any atom is -0.496 e. The van der Waals surface area contributed by atoms with Gasteiger partial charge in [0.15, 0.2) is 0 Å². The van der Waals surface area contributed by atoms with Crippen LogP contribution < -0.4 is 4.74 Å². The lowest BCUT2D eigenvalue weighted by Crippen LogP contribution is -2.27. The molecule has 1 rings (SSSR count). The molecule has 3 heteroatoms. The van der Waals surface area contributed by atoms with Crippen molar-refractivity contribution in [3.63, 3.8) is 0 Å².